The van der Waals surface area contributed by atoms with Crippen molar-refractivity contribution < 1.29 is 4.74 Å². The first kappa shape index (κ1) is 15.3. The third-order valence-corrected chi connectivity index (χ3v) is 5.10. The zero-order chi connectivity index (χ0) is 13.7. The Morgan fingerprint density at radius 1 is 1.21 bits per heavy atom. The molecule has 1 aliphatic carbocycles. The molecule has 4 atom stereocenters. The van der Waals surface area contributed by atoms with Crippen LogP contribution in [0.1, 0.15) is 46.0 Å². The third kappa shape index (κ3) is 4.17. The third-order valence-electron chi connectivity index (χ3n) is 5.10. The van der Waals surface area contributed by atoms with E-state index in [0.717, 1.165) is 31.7 Å². The normalized spacial score (nSPS) is 36.6. The van der Waals surface area contributed by atoms with Crippen LogP contribution in [-0.4, -0.2) is 50.3 Å². The van der Waals surface area contributed by atoms with E-state index < -0.39 is 0 Å². The molecule has 1 saturated carbocycles. The molecule has 2 rings (SSSR count). The Kier molecular flexibility index (Phi) is 6.11. The summed E-state index contributed by atoms with van der Waals surface area (Å²) < 4.78 is 5.71. The van der Waals surface area contributed by atoms with Gasteiger partial charge in [0.2, 0.25) is 0 Å². The fraction of sp³-hybridized carbons (Fsp3) is 1.00. The first-order valence-corrected chi connectivity index (χ1v) is 8.23. The topological polar surface area (TPSA) is 24.5 Å². The van der Waals surface area contributed by atoms with Gasteiger partial charge in [-0.2, -0.15) is 0 Å². The van der Waals surface area contributed by atoms with Crippen LogP contribution in [0.5, 0.6) is 0 Å². The van der Waals surface area contributed by atoms with Crippen LogP contribution in [0.3, 0.4) is 0 Å². The van der Waals surface area contributed by atoms with E-state index in [0.29, 0.717) is 12.0 Å². The maximum absolute atomic E-state index is 5.71. The first-order valence-electron chi connectivity index (χ1n) is 8.23. The van der Waals surface area contributed by atoms with Crippen LogP contribution in [-0.2, 0) is 4.74 Å². The lowest BCUT2D eigenvalue weighted by Crippen LogP contribution is -2.50. The largest absolute Gasteiger partial charge is 0.381 e. The fourth-order valence-electron chi connectivity index (χ4n) is 3.96. The zero-order valence-electron chi connectivity index (χ0n) is 13.0. The highest BCUT2D eigenvalue weighted by Gasteiger charge is 2.30. The molecule has 2 fully saturated rings. The minimum atomic E-state index is 0.653. The maximum atomic E-state index is 5.71. The number of hydrogen-bond acceptors (Lipinski definition) is 3. The molecule has 0 aromatic rings. The van der Waals surface area contributed by atoms with Crippen LogP contribution >= 0.6 is 0 Å². The molecular formula is C16H32N2O. The molecule has 3 nitrogen and oxygen atoms in total. The van der Waals surface area contributed by atoms with E-state index in [1.165, 1.54) is 38.6 Å². The molecule has 0 bridgehead atoms. The van der Waals surface area contributed by atoms with Crippen molar-refractivity contribution in [3.8, 4) is 0 Å². The van der Waals surface area contributed by atoms with Crippen molar-refractivity contribution in [2.24, 2.45) is 11.8 Å². The van der Waals surface area contributed by atoms with Gasteiger partial charge < -0.3 is 15.0 Å². The second-order valence-corrected chi connectivity index (χ2v) is 6.56. The van der Waals surface area contributed by atoms with Crippen LogP contribution in [0.2, 0.25) is 0 Å². The van der Waals surface area contributed by atoms with Gasteiger partial charge in [-0.25, -0.2) is 0 Å². The number of rotatable bonds is 5. The van der Waals surface area contributed by atoms with Gasteiger partial charge in [0, 0.05) is 31.2 Å². The average Bonchev–Trinajstić information content (AvgIpc) is 2.41. The molecule has 19 heavy (non-hydrogen) atoms. The van der Waals surface area contributed by atoms with Crippen molar-refractivity contribution in [3.05, 3.63) is 0 Å². The van der Waals surface area contributed by atoms with Crippen LogP contribution < -0.4 is 5.32 Å². The molecule has 1 aliphatic heterocycles. The highest BCUT2D eigenvalue weighted by molar-refractivity contribution is 4.85. The molecule has 0 aromatic heterocycles. The van der Waals surface area contributed by atoms with Crippen molar-refractivity contribution in [2.45, 2.75) is 58.0 Å². The lowest BCUT2D eigenvalue weighted by molar-refractivity contribution is 0.00776. The Bertz CT molecular complexity index is 257. The highest BCUT2D eigenvalue weighted by atomic mass is 16.5. The Hall–Kier alpha value is -0.120. The number of nitrogens with one attached hydrogen (secondary N) is 1. The molecule has 1 heterocycles. The monoisotopic (exact) mass is 268 g/mol. The average molecular weight is 268 g/mol. The SMILES string of the molecule is CCNC1CCOCC1CN(C)C1CCCCC1C. The number of hydrogen-bond donors (Lipinski definition) is 1. The summed E-state index contributed by atoms with van der Waals surface area (Å²) in [5, 5.41) is 3.65. The van der Waals surface area contributed by atoms with Crippen molar-refractivity contribution in [1.82, 2.24) is 10.2 Å². The van der Waals surface area contributed by atoms with Crippen LogP contribution in [0.25, 0.3) is 0 Å². The van der Waals surface area contributed by atoms with E-state index in [1.54, 1.807) is 0 Å². The van der Waals surface area contributed by atoms with Gasteiger partial charge in [-0.3, -0.25) is 0 Å². The summed E-state index contributed by atoms with van der Waals surface area (Å²) in [6, 6.07) is 1.44. The Morgan fingerprint density at radius 3 is 2.74 bits per heavy atom. The second kappa shape index (κ2) is 7.61. The highest BCUT2D eigenvalue weighted by Crippen LogP contribution is 2.28. The predicted molar refractivity (Wildman–Crippen MR) is 80.4 cm³/mol. The molecule has 4 unspecified atom stereocenters. The smallest absolute Gasteiger partial charge is 0.0521 e. The van der Waals surface area contributed by atoms with Crippen molar-refractivity contribution in [3.63, 3.8) is 0 Å². The summed E-state index contributed by atoms with van der Waals surface area (Å²) in [5.74, 6) is 1.52. The first-order chi connectivity index (χ1) is 9.22. The van der Waals surface area contributed by atoms with Gasteiger partial charge in [0.25, 0.3) is 0 Å². The van der Waals surface area contributed by atoms with Crippen molar-refractivity contribution in [1.29, 1.82) is 0 Å². The lowest BCUT2D eigenvalue weighted by atomic mass is 9.84. The van der Waals surface area contributed by atoms with Gasteiger partial charge in [0.1, 0.15) is 0 Å². The molecule has 0 radical (unpaired) electrons. The van der Waals surface area contributed by atoms with Gasteiger partial charge >= 0.3 is 0 Å². The Labute approximate surface area is 119 Å². The Morgan fingerprint density at radius 2 is 2.00 bits per heavy atom. The molecule has 112 valence electrons. The van der Waals surface area contributed by atoms with E-state index in [4.69, 9.17) is 4.74 Å². The van der Waals surface area contributed by atoms with E-state index in [9.17, 15) is 0 Å². The summed E-state index contributed by atoms with van der Waals surface area (Å²) in [4.78, 5) is 2.62. The fourth-order valence-corrected chi connectivity index (χ4v) is 3.96. The second-order valence-electron chi connectivity index (χ2n) is 6.56. The summed E-state index contributed by atoms with van der Waals surface area (Å²) in [5.41, 5.74) is 0. The van der Waals surface area contributed by atoms with E-state index in [-0.39, 0.29) is 0 Å². The lowest BCUT2D eigenvalue weighted by Gasteiger charge is -2.41. The van der Waals surface area contributed by atoms with E-state index in [1.807, 2.05) is 0 Å². The van der Waals surface area contributed by atoms with Crippen molar-refractivity contribution in [2.75, 3.05) is 33.4 Å². The summed E-state index contributed by atoms with van der Waals surface area (Å²) in [7, 11) is 2.32. The number of ether oxygens (including phenoxy) is 1. The van der Waals surface area contributed by atoms with Crippen LogP contribution in [0, 0.1) is 11.8 Å². The number of nitrogens with zero attached hydrogens (tertiary/aromatic N) is 1. The standard InChI is InChI=1S/C16H32N2O/c1-4-17-15-9-10-19-12-14(15)11-18(3)16-8-6-5-7-13(16)2/h13-17H,4-12H2,1-3H3. The van der Waals surface area contributed by atoms with Crippen LogP contribution in [0.15, 0.2) is 0 Å². The van der Waals surface area contributed by atoms with Gasteiger partial charge in [-0.15, -0.1) is 0 Å². The molecule has 2 aliphatic rings. The molecule has 0 amide bonds. The minimum Gasteiger partial charge on any atom is -0.381 e. The molecular weight excluding hydrogens is 236 g/mol. The van der Waals surface area contributed by atoms with Gasteiger partial charge in [-0.1, -0.05) is 26.7 Å². The molecule has 0 aromatic carbocycles. The summed E-state index contributed by atoms with van der Waals surface area (Å²) >= 11 is 0. The molecule has 0 spiro atoms. The molecule has 1 saturated heterocycles. The van der Waals surface area contributed by atoms with Crippen LogP contribution in [0.4, 0.5) is 0 Å². The predicted octanol–water partition coefficient (Wildman–Crippen LogP) is 2.51. The molecule has 1 N–H and O–H groups in total. The molecule has 3 heteroatoms. The van der Waals surface area contributed by atoms with Gasteiger partial charge in [0.15, 0.2) is 0 Å². The minimum absolute atomic E-state index is 0.653. The quantitative estimate of drug-likeness (QED) is 0.829. The van der Waals surface area contributed by atoms with E-state index in [2.05, 4.69) is 31.1 Å². The Balaban J connectivity index is 1.86. The summed E-state index contributed by atoms with van der Waals surface area (Å²) in [6.07, 6.45) is 6.81. The van der Waals surface area contributed by atoms with E-state index >= 15 is 0 Å². The van der Waals surface area contributed by atoms with Gasteiger partial charge in [-0.05, 0) is 38.8 Å². The maximum Gasteiger partial charge on any atom is 0.0521 e. The van der Waals surface area contributed by atoms with Gasteiger partial charge in [0.05, 0.1) is 6.61 Å². The van der Waals surface area contributed by atoms with Crippen molar-refractivity contribution >= 4 is 0 Å². The zero-order valence-corrected chi connectivity index (χ0v) is 13.0. The summed E-state index contributed by atoms with van der Waals surface area (Å²) in [6.45, 7) is 8.76.